The standard InChI is InChI=1S/C22H42NO6P/c1-8-16(3)18(5)22(7,19(6)17(4)9-2)29-30(25,27-13-10-12-23)28-20-11-14-26-21(20)15-24/h16-21,24H,8-11,13-15H2,1-7H3/i14T. The van der Waals surface area contributed by atoms with Crippen molar-refractivity contribution in [1.82, 2.24) is 0 Å². The number of aliphatic hydroxyl groups is 1. The second kappa shape index (κ2) is 12.5. The van der Waals surface area contributed by atoms with Gasteiger partial charge in [0.25, 0.3) is 0 Å². The van der Waals surface area contributed by atoms with Crippen LogP contribution in [0.2, 0.25) is 0 Å². The fourth-order valence-electron chi connectivity index (χ4n) is 3.89. The molecule has 0 bridgehead atoms. The van der Waals surface area contributed by atoms with Crippen molar-refractivity contribution in [2.75, 3.05) is 19.8 Å². The maximum atomic E-state index is 13.9. The zero-order valence-corrected chi connectivity index (χ0v) is 20.6. The molecule has 0 saturated carbocycles. The second-order valence-electron chi connectivity index (χ2n) is 8.72. The minimum atomic E-state index is -4.13. The Balaban J connectivity index is 3.29. The molecule has 1 saturated heterocycles. The van der Waals surface area contributed by atoms with Gasteiger partial charge in [0, 0.05) is 13.0 Å². The third-order valence-electron chi connectivity index (χ3n) is 7.03. The molecule has 7 nitrogen and oxygen atoms in total. The number of phosphoric ester groups is 1. The molecule has 0 aromatic heterocycles. The molecule has 8 unspecified atom stereocenters. The van der Waals surface area contributed by atoms with Gasteiger partial charge in [0.2, 0.25) is 0 Å². The normalized spacial score (nSPS) is 30.4. The molecule has 1 N–H and O–H groups in total. The number of hydrogen-bond donors (Lipinski definition) is 1. The number of hydrogen-bond acceptors (Lipinski definition) is 7. The number of nitrogens with zero attached hydrogens (tertiary/aromatic N) is 1. The molecule has 0 spiro atoms. The Hall–Kier alpha value is -0.480. The van der Waals surface area contributed by atoms with Crippen molar-refractivity contribution in [1.29, 1.82) is 5.26 Å². The molecule has 1 aliphatic heterocycles. The minimum Gasteiger partial charge on any atom is -0.394 e. The molecule has 0 amide bonds. The van der Waals surface area contributed by atoms with E-state index in [1.165, 1.54) is 0 Å². The summed E-state index contributed by atoms with van der Waals surface area (Å²) >= 11 is 0. The van der Waals surface area contributed by atoms with Gasteiger partial charge < -0.3 is 9.84 Å². The number of ether oxygens (including phenoxy) is 1. The van der Waals surface area contributed by atoms with E-state index in [1.807, 2.05) is 13.0 Å². The fourth-order valence-corrected chi connectivity index (χ4v) is 5.73. The van der Waals surface area contributed by atoms with E-state index in [-0.39, 0.29) is 37.9 Å². The van der Waals surface area contributed by atoms with E-state index in [0.29, 0.717) is 11.8 Å². The first kappa shape index (κ1) is 25.8. The molecule has 1 rings (SSSR count). The highest BCUT2D eigenvalue weighted by molar-refractivity contribution is 7.48. The summed E-state index contributed by atoms with van der Waals surface area (Å²) < 4.78 is 44.8. The van der Waals surface area contributed by atoms with Crippen LogP contribution in [0.3, 0.4) is 0 Å². The van der Waals surface area contributed by atoms with Crippen LogP contribution in [0.4, 0.5) is 0 Å². The van der Waals surface area contributed by atoms with Crippen molar-refractivity contribution in [3.05, 3.63) is 0 Å². The Morgan fingerprint density at radius 3 is 2.30 bits per heavy atom. The van der Waals surface area contributed by atoms with Gasteiger partial charge in [-0.15, -0.1) is 0 Å². The summed E-state index contributed by atoms with van der Waals surface area (Å²) in [4.78, 5) is 0. The second-order valence-corrected chi connectivity index (χ2v) is 10.3. The van der Waals surface area contributed by atoms with E-state index in [0.717, 1.165) is 12.8 Å². The molecule has 0 aromatic carbocycles. The predicted molar refractivity (Wildman–Crippen MR) is 117 cm³/mol. The summed E-state index contributed by atoms with van der Waals surface area (Å²) in [6.07, 6.45) is 0.515. The SMILES string of the molecule is [3H]C1CC(OP(=O)(OCCC#N)OC(C)(C(C)C(C)CC)C(C)C(C)CC)C(CO)O1. The monoisotopic (exact) mass is 449 g/mol. The van der Waals surface area contributed by atoms with Crippen LogP contribution in [0.25, 0.3) is 0 Å². The Kier molecular flexibility index (Phi) is 10.8. The summed E-state index contributed by atoms with van der Waals surface area (Å²) in [5.41, 5.74) is -0.818. The third kappa shape index (κ3) is 7.02. The van der Waals surface area contributed by atoms with Crippen LogP contribution in [-0.2, 0) is 22.9 Å². The summed E-state index contributed by atoms with van der Waals surface area (Å²) in [7, 11) is -4.13. The van der Waals surface area contributed by atoms with E-state index < -0.39 is 32.2 Å². The molecule has 1 heterocycles. The Morgan fingerprint density at radius 1 is 1.27 bits per heavy atom. The Labute approximate surface area is 184 Å². The minimum absolute atomic E-state index is 0.0426. The number of aliphatic hydroxyl groups excluding tert-OH is 1. The third-order valence-corrected chi connectivity index (χ3v) is 8.68. The first-order chi connectivity index (χ1) is 14.5. The van der Waals surface area contributed by atoms with Gasteiger partial charge in [-0.25, -0.2) is 4.57 Å². The van der Waals surface area contributed by atoms with Gasteiger partial charge in [-0.05, 0) is 30.6 Å². The lowest BCUT2D eigenvalue weighted by atomic mass is 9.69. The molecule has 1 fully saturated rings. The van der Waals surface area contributed by atoms with Crippen molar-refractivity contribution in [2.45, 2.75) is 92.0 Å². The molecule has 8 atom stereocenters. The smallest absolute Gasteiger partial charge is 0.394 e. The summed E-state index contributed by atoms with van der Waals surface area (Å²) in [6, 6.07) is 1.97. The van der Waals surface area contributed by atoms with E-state index in [9.17, 15) is 9.67 Å². The van der Waals surface area contributed by atoms with Crippen LogP contribution in [-0.4, -0.2) is 42.7 Å². The number of phosphoric acid groups is 1. The topological polar surface area (TPSA) is 98.0 Å². The van der Waals surface area contributed by atoms with Gasteiger partial charge >= 0.3 is 7.82 Å². The van der Waals surface area contributed by atoms with Crippen LogP contribution < -0.4 is 0 Å². The van der Waals surface area contributed by atoms with Crippen LogP contribution in [0.1, 0.15) is 75.5 Å². The predicted octanol–water partition coefficient (Wildman–Crippen LogP) is 5.33. The summed E-state index contributed by atoms with van der Waals surface area (Å²) in [5.74, 6) is 0.717. The van der Waals surface area contributed by atoms with Crippen molar-refractivity contribution in [3.63, 3.8) is 0 Å². The largest absolute Gasteiger partial charge is 0.475 e. The quantitative estimate of drug-likeness (QED) is 0.283. The van der Waals surface area contributed by atoms with Crippen molar-refractivity contribution in [3.8, 4) is 6.07 Å². The van der Waals surface area contributed by atoms with Crippen LogP contribution in [0.15, 0.2) is 0 Å². The highest BCUT2D eigenvalue weighted by Gasteiger charge is 2.49. The maximum absolute atomic E-state index is 13.9. The molecule has 1 aliphatic rings. The van der Waals surface area contributed by atoms with Gasteiger partial charge in [0.05, 0.1) is 32.7 Å². The number of nitriles is 1. The fraction of sp³-hybridized carbons (Fsp3) is 0.955. The van der Waals surface area contributed by atoms with Gasteiger partial charge in [-0.2, -0.15) is 5.26 Å². The molecular weight excluding hydrogens is 405 g/mol. The van der Waals surface area contributed by atoms with E-state index >= 15 is 0 Å². The number of rotatable bonds is 14. The lowest BCUT2D eigenvalue weighted by Gasteiger charge is -2.46. The first-order valence-electron chi connectivity index (χ1n) is 11.7. The van der Waals surface area contributed by atoms with Gasteiger partial charge in [-0.1, -0.05) is 54.4 Å². The van der Waals surface area contributed by atoms with Crippen molar-refractivity contribution >= 4 is 7.82 Å². The summed E-state index contributed by atoms with van der Waals surface area (Å²) in [5, 5.41) is 18.5. The highest BCUT2D eigenvalue weighted by atomic mass is 31.2. The molecule has 8 heteroatoms. The Bertz CT molecular complexity index is 614. The van der Waals surface area contributed by atoms with Gasteiger partial charge in [0.15, 0.2) is 0 Å². The van der Waals surface area contributed by atoms with Crippen LogP contribution in [0, 0.1) is 35.0 Å². The Morgan fingerprint density at radius 2 is 1.83 bits per heavy atom. The highest BCUT2D eigenvalue weighted by Crippen LogP contribution is 2.59. The molecule has 176 valence electrons. The van der Waals surface area contributed by atoms with Gasteiger partial charge in [-0.3, -0.25) is 13.6 Å². The lowest BCUT2D eigenvalue weighted by Crippen LogP contribution is -2.47. The van der Waals surface area contributed by atoms with Crippen LogP contribution >= 0.6 is 7.82 Å². The molecule has 0 radical (unpaired) electrons. The molecule has 30 heavy (non-hydrogen) atoms. The molecule has 0 aromatic rings. The molecular formula is C22H42NO6P. The molecule has 0 aliphatic carbocycles. The summed E-state index contributed by atoms with van der Waals surface area (Å²) in [6.45, 7) is 13.4. The zero-order valence-electron chi connectivity index (χ0n) is 20.7. The van der Waals surface area contributed by atoms with E-state index in [4.69, 9.17) is 24.9 Å². The van der Waals surface area contributed by atoms with E-state index in [2.05, 4.69) is 41.5 Å². The van der Waals surface area contributed by atoms with E-state index in [1.54, 1.807) is 0 Å². The van der Waals surface area contributed by atoms with Crippen molar-refractivity contribution < 1.29 is 29.4 Å². The first-order valence-corrected chi connectivity index (χ1v) is 12.6. The van der Waals surface area contributed by atoms with Gasteiger partial charge in [0.1, 0.15) is 12.2 Å². The average Bonchev–Trinajstić information content (AvgIpc) is 3.09. The lowest BCUT2D eigenvalue weighted by molar-refractivity contribution is -0.0891. The van der Waals surface area contributed by atoms with Crippen molar-refractivity contribution in [2.24, 2.45) is 23.7 Å². The zero-order chi connectivity index (χ0) is 23.8. The van der Waals surface area contributed by atoms with Crippen LogP contribution in [0.5, 0.6) is 0 Å². The average molecular weight is 450 g/mol. The maximum Gasteiger partial charge on any atom is 0.475 e.